The molecule has 1 heterocycles. The van der Waals surface area contributed by atoms with Gasteiger partial charge in [-0.05, 0) is 48.8 Å². The van der Waals surface area contributed by atoms with Crippen LogP contribution >= 0.6 is 0 Å². The van der Waals surface area contributed by atoms with Crippen molar-refractivity contribution in [2.75, 3.05) is 4.90 Å². The van der Waals surface area contributed by atoms with Crippen molar-refractivity contribution >= 4 is 17.6 Å². The monoisotopic (exact) mass is 434 g/mol. The van der Waals surface area contributed by atoms with E-state index in [-0.39, 0.29) is 5.91 Å². The lowest BCUT2D eigenvalue weighted by Crippen LogP contribution is -2.51. The molecule has 5 nitrogen and oxygen atoms in total. The summed E-state index contributed by atoms with van der Waals surface area (Å²) >= 11 is 0. The highest BCUT2D eigenvalue weighted by Crippen LogP contribution is 2.30. The van der Waals surface area contributed by atoms with E-state index in [1.807, 2.05) is 53.4 Å². The van der Waals surface area contributed by atoms with E-state index in [0.717, 1.165) is 29.7 Å². The topological polar surface area (TPSA) is 69.6 Å². The predicted molar refractivity (Wildman–Crippen MR) is 127 cm³/mol. The third kappa shape index (κ3) is 5.57. The van der Waals surface area contributed by atoms with E-state index < -0.39 is 18.1 Å². The quantitative estimate of drug-likeness (QED) is 0.618. The molecule has 2 aromatic rings. The summed E-state index contributed by atoms with van der Waals surface area (Å²) in [5, 5.41) is 13.1. The summed E-state index contributed by atoms with van der Waals surface area (Å²) in [5.74, 6) is -0.274. The van der Waals surface area contributed by atoms with Gasteiger partial charge in [0.1, 0.15) is 6.04 Å². The number of fused-ring (bicyclic) bond motifs is 1. The van der Waals surface area contributed by atoms with Gasteiger partial charge in [0.15, 0.2) is 0 Å². The van der Waals surface area contributed by atoms with Crippen LogP contribution in [0.2, 0.25) is 0 Å². The lowest BCUT2D eigenvalue weighted by Gasteiger charge is -2.29. The normalized spacial score (nSPS) is 20.4. The fraction of sp³-hybridized carbons (Fsp3) is 0.481. The number of nitrogens with zero attached hydrogens (tertiary/aromatic N) is 1. The van der Waals surface area contributed by atoms with Gasteiger partial charge in [0.25, 0.3) is 0 Å². The van der Waals surface area contributed by atoms with E-state index in [9.17, 15) is 14.7 Å². The smallest absolute Gasteiger partial charge is 0.320 e. The Hall–Kier alpha value is -2.66. The van der Waals surface area contributed by atoms with Crippen LogP contribution in [0.5, 0.6) is 0 Å². The zero-order chi connectivity index (χ0) is 22.3. The van der Waals surface area contributed by atoms with Gasteiger partial charge in [-0.15, -0.1) is 0 Å². The standard InChI is InChI=1S/C27H34N2O3/c30-26-23(28-24(27(31)32)17-15-20-9-3-1-4-10-20)18-16-22-13-7-8-14-25(22)29(26)19-21-11-5-2-6-12-21/h2,5-8,11-14,20,23-24,28H,1,3-4,9-10,15-19H2,(H,31,32)/t23?,24-/m0/s1. The highest BCUT2D eigenvalue weighted by atomic mass is 16.4. The third-order valence-electron chi connectivity index (χ3n) is 7.02. The largest absolute Gasteiger partial charge is 0.480 e. The van der Waals surface area contributed by atoms with Crippen LogP contribution in [0, 0.1) is 5.92 Å². The van der Waals surface area contributed by atoms with Crippen LogP contribution in [0.1, 0.15) is 62.5 Å². The SMILES string of the molecule is O=C(O)[C@H](CCC1CCCCC1)NC1CCc2ccccc2N(Cc2ccccc2)C1=O. The lowest BCUT2D eigenvalue weighted by atomic mass is 9.85. The Labute approximate surface area is 190 Å². The van der Waals surface area contributed by atoms with E-state index in [4.69, 9.17) is 0 Å². The van der Waals surface area contributed by atoms with Crippen molar-refractivity contribution in [3.8, 4) is 0 Å². The van der Waals surface area contributed by atoms with E-state index in [1.54, 1.807) is 0 Å². The Morgan fingerprint density at radius 3 is 2.47 bits per heavy atom. The second-order valence-corrected chi connectivity index (χ2v) is 9.27. The number of para-hydroxylation sites is 1. The van der Waals surface area contributed by atoms with Crippen LogP contribution in [-0.4, -0.2) is 29.1 Å². The Bertz CT molecular complexity index is 908. The van der Waals surface area contributed by atoms with Crippen molar-refractivity contribution in [3.63, 3.8) is 0 Å². The third-order valence-corrected chi connectivity index (χ3v) is 7.02. The number of hydrogen-bond acceptors (Lipinski definition) is 3. The zero-order valence-corrected chi connectivity index (χ0v) is 18.7. The molecule has 2 N–H and O–H groups in total. The molecule has 2 aromatic carbocycles. The molecule has 4 rings (SSSR count). The Kier molecular flexibility index (Phi) is 7.59. The minimum absolute atomic E-state index is 0.0391. The summed E-state index contributed by atoms with van der Waals surface area (Å²) in [6, 6.07) is 16.8. The lowest BCUT2D eigenvalue weighted by molar-refractivity contribution is -0.140. The number of benzene rings is 2. The first-order valence-electron chi connectivity index (χ1n) is 12.0. The number of hydrogen-bond donors (Lipinski definition) is 2. The average molecular weight is 435 g/mol. The molecular weight excluding hydrogens is 400 g/mol. The van der Waals surface area contributed by atoms with Gasteiger partial charge in [-0.2, -0.15) is 0 Å². The first-order chi connectivity index (χ1) is 15.6. The molecule has 1 aliphatic carbocycles. The number of carbonyl (C=O) groups excluding carboxylic acids is 1. The second-order valence-electron chi connectivity index (χ2n) is 9.27. The molecule has 0 saturated heterocycles. The van der Waals surface area contributed by atoms with Crippen LogP contribution in [0.15, 0.2) is 54.6 Å². The van der Waals surface area contributed by atoms with Crippen LogP contribution in [-0.2, 0) is 22.6 Å². The summed E-state index contributed by atoms with van der Waals surface area (Å²) in [5.41, 5.74) is 3.12. The Morgan fingerprint density at radius 2 is 1.72 bits per heavy atom. The molecule has 1 aliphatic heterocycles. The molecule has 0 radical (unpaired) electrons. The van der Waals surface area contributed by atoms with Gasteiger partial charge >= 0.3 is 5.97 Å². The number of carbonyl (C=O) groups is 2. The van der Waals surface area contributed by atoms with Gasteiger partial charge in [-0.3, -0.25) is 14.9 Å². The summed E-state index contributed by atoms with van der Waals surface area (Å²) < 4.78 is 0. The molecular formula is C27H34N2O3. The molecule has 1 amide bonds. The van der Waals surface area contributed by atoms with Gasteiger partial charge < -0.3 is 10.0 Å². The maximum Gasteiger partial charge on any atom is 0.320 e. The molecule has 0 aromatic heterocycles. The maximum atomic E-state index is 13.6. The zero-order valence-electron chi connectivity index (χ0n) is 18.7. The summed E-state index contributed by atoms with van der Waals surface area (Å²) in [4.78, 5) is 27.5. The number of aliphatic carboxylic acids is 1. The van der Waals surface area contributed by atoms with Crippen molar-refractivity contribution in [1.29, 1.82) is 0 Å². The first-order valence-corrected chi connectivity index (χ1v) is 12.0. The number of nitrogens with one attached hydrogen (secondary N) is 1. The molecule has 1 saturated carbocycles. The van der Waals surface area contributed by atoms with Crippen molar-refractivity contribution in [2.24, 2.45) is 5.92 Å². The van der Waals surface area contributed by atoms with Crippen molar-refractivity contribution in [1.82, 2.24) is 5.32 Å². The van der Waals surface area contributed by atoms with Gasteiger partial charge in [0, 0.05) is 5.69 Å². The molecule has 2 atom stereocenters. The number of anilines is 1. The van der Waals surface area contributed by atoms with Crippen molar-refractivity contribution in [2.45, 2.75) is 76.4 Å². The van der Waals surface area contributed by atoms with Crippen molar-refractivity contribution in [3.05, 3.63) is 65.7 Å². The summed E-state index contributed by atoms with van der Waals surface area (Å²) in [6.45, 7) is 0.481. The van der Waals surface area contributed by atoms with Crippen LogP contribution < -0.4 is 10.2 Å². The number of rotatable bonds is 8. The summed E-state index contributed by atoms with van der Waals surface area (Å²) in [6.07, 6.45) is 9.06. The molecule has 170 valence electrons. The summed E-state index contributed by atoms with van der Waals surface area (Å²) in [7, 11) is 0. The van der Waals surface area contributed by atoms with Crippen LogP contribution in [0.3, 0.4) is 0 Å². The Balaban J connectivity index is 1.50. The number of carboxylic acids is 1. The predicted octanol–water partition coefficient (Wildman–Crippen LogP) is 4.94. The fourth-order valence-corrected chi connectivity index (χ4v) is 5.20. The number of amides is 1. The first kappa shape index (κ1) is 22.5. The van der Waals surface area contributed by atoms with Gasteiger partial charge in [0.2, 0.25) is 5.91 Å². The average Bonchev–Trinajstić information content (AvgIpc) is 2.95. The highest BCUT2D eigenvalue weighted by molar-refractivity contribution is 5.98. The van der Waals surface area contributed by atoms with Crippen molar-refractivity contribution < 1.29 is 14.7 Å². The van der Waals surface area contributed by atoms with Crippen LogP contribution in [0.25, 0.3) is 0 Å². The molecule has 1 unspecified atom stereocenters. The van der Waals surface area contributed by atoms with E-state index in [2.05, 4.69) is 11.4 Å². The molecule has 0 bridgehead atoms. The minimum atomic E-state index is -0.857. The molecule has 2 aliphatic rings. The van der Waals surface area contributed by atoms with E-state index >= 15 is 0 Å². The molecule has 1 fully saturated rings. The van der Waals surface area contributed by atoms with E-state index in [0.29, 0.717) is 25.3 Å². The second kappa shape index (κ2) is 10.8. The fourth-order valence-electron chi connectivity index (χ4n) is 5.20. The van der Waals surface area contributed by atoms with Gasteiger partial charge in [-0.1, -0.05) is 80.6 Å². The van der Waals surface area contributed by atoms with Gasteiger partial charge in [0.05, 0.1) is 12.6 Å². The molecule has 0 spiro atoms. The molecule has 5 heteroatoms. The maximum absolute atomic E-state index is 13.6. The van der Waals surface area contributed by atoms with Gasteiger partial charge in [-0.25, -0.2) is 0 Å². The number of aryl methyl sites for hydroxylation is 1. The number of carboxylic acid groups (broad SMARTS) is 1. The molecule has 32 heavy (non-hydrogen) atoms. The van der Waals surface area contributed by atoms with Crippen LogP contribution in [0.4, 0.5) is 5.69 Å². The van der Waals surface area contributed by atoms with E-state index in [1.165, 1.54) is 32.1 Å². The minimum Gasteiger partial charge on any atom is -0.480 e. The Morgan fingerprint density at radius 1 is 1.00 bits per heavy atom. The highest BCUT2D eigenvalue weighted by Gasteiger charge is 2.33.